The molecule has 1 fully saturated rings. The maximum Gasteiger partial charge on any atom is 0.416 e. The van der Waals surface area contributed by atoms with Gasteiger partial charge in [-0.25, -0.2) is 0 Å². The van der Waals surface area contributed by atoms with E-state index in [2.05, 4.69) is 20.5 Å². The van der Waals surface area contributed by atoms with E-state index in [0.717, 1.165) is 38.5 Å². The third-order valence-corrected chi connectivity index (χ3v) is 4.30. The fraction of sp³-hybridized carbons (Fsp3) is 0.611. The van der Waals surface area contributed by atoms with Crippen molar-refractivity contribution in [2.24, 2.45) is 4.99 Å². The number of likely N-dealkylation sites (tertiary alicyclic amines) is 1. The Kier molecular flexibility index (Phi) is 7.71. The van der Waals surface area contributed by atoms with Crippen LogP contribution in [0.15, 0.2) is 29.3 Å². The van der Waals surface area contributed by atoms with E-state index in [1.165, 1.54) is 12.1 Å². The molecule has 0 spiro atoms. The summed E-state index contributed by atoms with van der Waals surface area (Å²) in [4.78, 5) is 6.44. The minimum absolute atomic E-state index is 0.00596. The molecule has 0 saturated carbocycles. The van der Waals surface area contributed by atoms with Crippen LogP contribution in [0.2, 0.25) is 0 Å². The van der Waals surface area contributed by atoms with Crippen LogP contribution in [-0.4, -0.2) is 54.8 Å². The minimum atomic E-state index is -4.30. The van der Waals surface area contributed by atoms with Gasteiger partial charge < -0.3 is 15.7 Å². The van der Waals surface area contributed by atoms with E-state index in [4.69, 9.17) is 5.11 Å². The van der Waals surface area contributed by atoms with Gasteiger partial charge in [-0.3, -0.25) is 9.89 Å². The molecule has 1 aliphatic rings. The molecule has 1 aromatic rings. The van der Waals surface area contributed by atoms with Gasteiger partial charge >= 0.3 is 6.18 Å². The molecule has 0 unspecified atom stereocenters. The van der Waals surface area contributed by atoms with Crippen LogP contribution in [0.1, 0.15) is 30.9 Å². The third kappa shape index (κ3) is 6.49. The van der Waals surface area contributed by atoms with Crippen molar-refractivity contribution in [3.05, 3.63) is 35.4 Å². The lowest BCUT2D eigenvalue weighted by Gasteiger charge is -2.33. The maximum atomic E-state index is 12.8. The molecule has 1 heterocycles. The van der Waals surface area contributed by atoms with Crippen molar-refractivity contribution in [2.45, 2.75) is 38.5 Å². The highest BCUT2D eigenvalue weighted by molar-refractivity contribution is 5.80. The third-order valence-electron chi connectivity index (χ3n) is 4.30. The summed E-state index contributed by atoms with van der Waals surface area (Å²) in [5.41, 5.74) is 0.0889. The Bertz CT molecular complexity index is 584. The van der Waals surface area contributed by atoms with Crippen molar-refractivity contribution in [2.75, 3.05) is 32.8 Å². The number of piperidine rings is 1. The SMILES string of the molecule is CCNC(=NCCO)NC1CCN(Cc2cccc(C(F)(F)F)c2)CC1. The summed E-state index contributed by atoms with van der Waals surface area (Å²) in [6, 6.07) is 5.81. The molecule has 0 aliphatic carbocycles. The van der Waals surface area contributed by atoms with E-state index in [0.29, 0.717) is 24.6 Å². The Morgan fingerprint density at radius 1 is 1.31 bits per heavy atom. The Morgan fingerprint density at radius 2 is 2.04 bits per heavy atom. The lowest BCUT2D eigenvalue weighted by atomic mass is 10.0. The number of alkyl halides is 3. The molecule has 3 N–H and O–H groups in total. The zero-order valence-corrected chi connectivity index (χ0v) is 15.0. The molecule has 8 heteroatoms. The average molecular weight is 372 g/mol. The van der Waals surface area contributed by atoms with Gasteiger partial charge in [-0.2, -0.15) is 13.2 Å². The molecule has 0 aromatic heterocycles. The minimum Gasteiger partial charge on any atom is -0.394 e. The number of hydrogen-bond donors (Lipinski definition) is 3. The zero-order valence-electron chi connectivity index (χ0n) is 15.0. The number of halogens is 3. The fourth-order valence-corrected chi connectivity index (χ4v) is 3.01. The van der Waals surface area contributed by atoms with Gasteiger partial charge in [-0.15, -0.1) is 0 Å². The highest BCUT2D eigenvalue weighted by atomic mass is 19.4. The van der Waals surface area contributed by atoms with E-state index >= 15 is 0 Å². The summed E-state index contributed by atoms with van der Waals surface area (Å²) in [5, 5.41) is 15.4. The average Bonchev–Trinajstić information content (AvgIpc) is 2.61. The van der Waals surface area contributed by atoms with Gasteiger partial charge in [0.1, 0.15) is 0 Å². The molecule has 26 heavy (non-hydrogen) atoms. The smallest absolute Gasteiger partial charge is 0.394 e. The number of aliphatic imine (C=N–C) groups is 1. The molecule has 0 bridgehead atoms. The number of nitrogens with one attached hydrogen (secondary N) is 2. The van der Waals surface area contributed by atoms with Crippen molar-refractivity contribution >= 4 is 5.96 Å². The van der Waals surface area contributed by atoms with Crippen molar-refractivity contribution in [3.63, 3.8) is 0 Å². The van der Waals surface area contributed by atoms with Crippen molar-refractivity contribution in [1.29, 1.82) is 0 Å². The van der Waals surface area contributed by atoms with Crippen LogP contribution in [0.4, 0.5) is 13.2 Å². The lowest BCUT2D eigenvalue weighted by Crippen LogP contribution is -2.48. The highest BCUT2D eigenvalue weighted by Gasteiger charge is 2.30. The first-order valence-corrected chi connectivity index (χ1v) is 8.96. The van der Waals surface area contributed by atoms with Crippen molar-refractivity contribution in [3.8, 4) is 0 Å². The normalized spacial score (nSPS) is 17.3. The largest absolute Gasteiger partial charge is 0.416 e. The molecule has 0 radical (unpaired) electrons. The van der Waals surface area contributed by atoms with Crippen molar-refractivity contribution < 1.29 is 18.3 Å². The number of rotatable bonds is 6. The predicted octanol–water partition coefficient (Wildman–Crippen LogP) is 2.22. The maximum absolute atomic E-state index is 12.8. The highest BCUT2D eigenvalue weighted by Crippen LogP contribution is 2.29. The zero-order chi connectivity index (χ0) is 19.0. The molecule has 1 saturated heterocycles. The molecular weight excluding hydrogens is 345 g/mol. The monoisotopic (exact) mass is 372 g/mol. The first kappa shape index (κ1) is 20.5. The second-order valence-corrected chi connectivity index (χ2v) is 6.38. The van der Waals surface area contributed by atoms with Gasteiger partial charge in [0.2, 0.25) is 0 Å². The fourth-order valence-electron chi connectivity index (χ4n) is 3.01. The van der Waals surface area contributed by atoms with Crippen LogP contribution in [0.5, 0.6) is 0 Å². The van der Waals surface area contributed by atoms with E-state index in [1.807, 2.05) is 6.92 Å². The van der Waals surface area contributed by atoms with Gasteiger partial charge in [0.15, 0.2) is 5.96 Å². The Morgan fingerprint density at radius 3 is 2.65 bits per heavy atom. The molecule has 0 amide bonds. The predicted molar refractivity (Wildman–Crippen MR) is 95.9 cm³/mol. The summed E-state index contributed by atoms with van der Waals surface area (Å²) in [7, 11) is 0. The molecule has 1 aliphatic heterocycles. The van der Waals surface area contributed by atoms with Crippen LogP contribution in [0.25, 0.3) is 0 Å². The van der Waals surface area contributed by atoms with E-state index < -0.39 is 11.7 Å². The first-order valence-electron chi connectivity index (χ1n) is 8.96. The van der Waals surface area contributed by atoms with Crippen molar-refractivity contribution in [1.82, 2.24) is 15.5 Å². The van der Waals surface area contributed by atoms with Crippen LogP contribution < -0.4 is 10.6 Å². The molecule has 2 rings (SSSR count). The molecular formula is C18H27F3N4O. The second-order valence-electron chi connectivity index (χ2n) is 6.38. The summed E-state index contributed by atoms with van der Waals surface area (Å²) in [6.07, 6.45) is -2.52. The standard InChI is InChI=1S/C18H27F3N4O/c1-2-22-17(23-8-11-26)24-16-6-9-25(10-7-16)13-14-4-3-5-15(12-14)18(19,20)21/h3-5,12,16,26H,2,6-11,13H2,1H3,(H2,22,23,24). The first-order chi connectivity index (χ1) is 12.4. The summed E-state index contributed by atoms with van der Waals surface area (Å²) in [6.45, 7) is 5.23. The number of benzene rings is 1. The number of hydrogen-bond acceptors (Lipinski definition) is 3. The van der Waals surface area contributed by atoms with Gasteiger partial charge in [-0.1, -0.05) is 18.2 Å². The van der Waals surface area contributed by atoms with Crippen LogP contribution >= 0.6 is 0 Å². The topological polar surface area (TPSA) is 59.9 Å². The van der Waals surface area contributed by atoms with Crippen LogP contribution in [-0.2, 0) is 12.7 Å². The van der Waals surface area contributed by atoms with E-state index in [9.17, 15) is 13.2 Å². The lowest BCUT2D eigenvalue weighted by molar-refractivity contribution is -0.137. The Labute approximate surface area is 152 Å². The summed E-state index contributed by atoms with van der Waals surface area (Å²) in [5.74, 6) is 0.692. The summed E-state index contributed by atoms with van der Waals surface area (Å²) < 4.78 is 38.4. The summed E-state index contributed by atoms with van der Waals surface area (Å²) >= 11 is 0. The number of guanidine groups is 1. The van der Waals surface area contributed by atoms with E-state index in [-0.39, 0.29) is 12.6 Å². The van der Waals surface area contributed by atoms with Gasteiger partial charge in [0.25, 0.3) is 0 Å². The molecule has 5 nitrogen and oxygen atoms in total. The van der Waals surface area contributed by atoms with E-state index in [1.54, 1.807) is 6.07 Å². The Hall–Kier alpha value is -1.80. The number of nitrogens with zero attached hydrogens (tertiary/aromatic N) is 2. The number of aliphatic hydroxyl groups excluding tert-OH is 1. The van der Waals surface area contributed by atoms with Gasteiger partial charge in [0.05, 0.1) is 18.7 Å². The molecule has 1 aromatic carbocycles. The number of aliphatic hydroxyl groups is 1. The van der Waals surface area contributed by atoms with Crippen LogP contribution in [0, 0.1) is 0 Å². The van der Waals surface area contributed by atoms with Gasteiger partial charge in [-0.05, 0) is 31.4 Å². The Balaban J connectivity index is 1.85. The quantitative estimate of drug-likeness (QED) is 0.529. The molecule has 0 atom stereocenters. The second kappa shape index (κ2) is 9.78. The van der Waals surface area contributed by atoms with Gasteiger partial charge in [0, 0.05) is 32.2 Å². The van der Waals surface area contributed by atoms with Crippen LogP contribution in [0.3, 0.4) is 0 Å². The molecule has 146 valence electrons.